The maximum atomic E-state index is 10.3. The molecule has 4 aromatic rings. The molecule has 2 atom stereocenters. The molecule has 15 heteroatoms. The first kappa shape index (κ1) is 67.6. The van der Waals surface area contributed by atoms with Crippen molar-refractivity contribution in [3.05, 3.63) is 97.1 Å². The third kappa shape index (κ3) is 24.6. The van der Waals surface area contributed by atoms with Gasteiger partial charge in [-0.25, -0.2) is 0 Å². The minimum Gasteiger partial charge on any atom is -0.541 e. The number of rotatable bonds is 14. The molecule has 0 saturated carbocycles. The van der Waals surface area contributed by atoms with Crippen molar-refractivity contribution in [1.82, 2.24) is 0 Å². The predicted molar refractivity (Wildman–Crippen MR) is 162 cm³/mol. The molecule has 51 heavy (non-hydrogen) atoms. The van der Waals surface area contributed by atoms with Crippen molar-refractivity contribution in [3.63, 3.8) is 0 Å². The van der Waals surface area contributed by atoms with Gasteiger partial charge in [0.1, 0.15) is 44.7 Å². The van der Waals surface area contributed by atoms with Gasteiger partial charge in [0.05, 0.1) is 13.2 Å². The van der Waals surface area contributed by atoms with Crippen molar-refractivity contribution in [1.29, 1.82) is 0 Å². The molecule has 2 unspecified atom stereocenters. The number of benzene rings is 4. The molecule has 2 aliphatic heterocycles. The Balaban J connectivity index is -0.000000460. The van der Waals surface area contributed by atoms with Gasteiger partial charge in [0.25, 0.3) is 0 Å². The van der Waals surface area contributed by atoms with E-state index in [0.29, 0.717) is 36.2 Å². The van der Waals surface area contributed by atoms with E-state index in [1.54, 1.807) is 24.3 Å². The molecular formula is C36H36O7Y8-8. The van der Waals surface area contributed by atoms with E-state index in [0.717, 1.165) is 35.5 Å². The van der Waals surface area contributed by atoms with Crippen LogP contribution in [0, 0.1) is 48.5 Å². The first-order chi connectivity index (χ1) is 19.7. The molecule has 1 N–H and O–H groups in total. The minimum atomic E-state index is -0.862. The number of aliphatic hydroxyl groups is 1. The van der Waals surface area contributed by atoms with Gasteiger partial charge in [0.15, 0.2) is 0 Å². The Morgan fingerprint density at radius 1 is 0.471 bits per heavy atom. The molecule has 0 aliphatic carbocycles. The number of hydrogen-bond donors (Lipinski definition) is 1. The summed E-state index contributed by atoms with van der Waals surface area (Å²) in [6.07, 6.45) is -0.487. The van der Waals surface area contributed by atoms with Crippen molar-refractivity contribution >= 4 is 0 Å². The van der Waals surface area contributed by atoms with Gasteiger partial charge in [-0.3, -0.25) is 0 Å². The van der Waals surface area contributed by atoms with E-state index in [1.807, 2.05) is 24.3 Å². The van der Waals surface area contributed by atoms with Crippen LogP contribution in [-0.4, -0.2) is 63.1 Å². The Kier molecular flexibility index (Phi) is 48.5. The standard InChI is InChI=1S/C33H24O7.3CH4.8Y/c34-27(17-35-28-9-1-23(2-10-28)25-5-13-30(14-6-25)37-19-32-21-39-32)18-36-29-11-3-24(4-12-29)26-7-15-31(16-8-26)38-20-33-22-40-33;;;;;;;;;;;/h1-8,27,32-34H,17-22H2;3*1H4;;;;;;;;/q-8;;;;;;;;;;;. The molecule has 8 radical (unpaired) electrons. The van der Waals surface area contributed by atoms with Gasteiger partial charge in [-0.15, -0.1) is 23.0 Å². The van der Waals surface area contributed by atoms with Crippen molar-refractivity contribution in [2.24, 2.45) is 0 Å². The normalized spacial score (nSPS) is 14.1. The van der Waals surface area contributed by atoms with Crippen LogP contribution in [0.5, 0.6) is 23.0 Å². The molecule has 2 heterocycles. The summed E-state index contributed by atoms with van der Waals surface area (Å²) in [4.78, 5) is 0. The fourth-order valence-corrected chi connectivity index (χ4v) is 3.57. The Hall–Kier alpha value is 4.79. The number of aliphatic hydroxyl groups excluding tert-OH is 1. The summed E-state index contributed by atoms with van der Waals surface area (Å²) in [6.45, 7) is 2.57. The van der Waals surface area contributed by atoms with Crippen molar-refractivity contribution < 1.29 is 295 Å². The molecular weight excluding hydrogens is 1260 g/mol. The largest absolute Gasteiger partial charge is 0.541 e. The average Bonchev–Trinajstić information content (AvgIpc) is 3.94. The molecule has 7 nitrogen and oxygen atoms in total. The third-order valence-corrected chi connectivity index (χ3v) is 6.01. The van der Waals surface area contributed by atoms with Crippen LogP contribution in [0.15, 0.2) is 48.5 Å². The van der Waals surface area contributed by atoms with E-state index in [2.05, 4.69) is 48.5 Å². The minimum absolute atomic E-state index is 0. The second-order valence-corrected chi connectivity index (χ2v) is 9.26. The van der Waals surface area contributed by atoms with Crippen LogP contribution in [0.25, 0.3) is 22.3 Å². The number of ether oxygens (including phenoxy) is 6. The fraction of sp³-hybridized carbons (Fsp3) is 0.333. The molecule has 2 aliphatic rings. The zero-order valence-corrected chi connectivity index (χ0v) is 48.8. The van der Waals surface area contributed by atoms with Crippen LogP contribution in [0.4, 0.5) is 0 Å². The van der Waals surface area contributed by atoms with Crippen LogP contribution < -0.4 is 18.9 Å². The van der Waals surface area contributed by atoms with Gasteiger partial charge in [-0.1, -0.05) is 22.3 Å². The van der Waals surface area contributed by atoms with E-state index < -0.39 is 6.10 Å². The zero-order valence-electron chi connectivity index (χ0n) is 26.1. The molecule has 254 valence electrons. The number of hydrogen-bond acceptors (Lipinski definition) is 7. The van der Waals surface area contributed by atoms with Crippen LogP contribution in [0.1, 0.15) is 22.3 Å². The van der Waals surface area contributed by atoms with Gasteiger partial charge in [0.2, 0.25) is 0 Å². The van der Waals surface area contributed by atoms with Gasteiger partial charge in [0, 0.05) is 262 Å². The third-order valence-electron chi connectivity index (χ3n) is 6.01. The molecule has 0 bridgehead atoms. The molecule has 0 amide bonds. The van der Waals surface area contributed by atoms with Gasteiger partial charge >= 0.3 is 0 Å². The average molecular weight is 1290 g/mol. The second kappa shape index (κ2) is 36.6. The van der Waals surface area contributed by atoms with Gasteiger partial charge in [-0.05, 0) is 0 Å². The van der Waals surface area contributed by atoms with Gasteiger partial charge in [-0.2, -0.15) is 0 Å². The molecule has 2 saturated heterocycles. The molecule has 6 rings (SSSR count). The van der Waals surface area contributed by atoms with Crippen molar-refractivity contribution in [2.75, 3.05) is 39.6 Å². The summed E-state index contributed by atoms with van der Waals surface area (Å²) >= 11 is 0. The summed E-state index contributed by atoms with van der Waals surface area (Å²) in [7, 11) is 0. The quantitative estimate of drug-likeness (QED) is 0.129. The Morgan fingerprint density at radius 2 is 0.686 bits per heavy atom. The summed E-state index contributed by atoms with van der Waals surface area (Å²) in [5, 5.41) is 10.3. The monoisotopic (exact) mass is 1290 g/mol. The predicted octanol–water partition coefficient (Wildman–Crippen LogP) is 5.68. The maximum absolute atomic E-state index is 10.3. The first-order valence-corrected chi connectivity index (χ1v) is 12.8. The van der Waals surface area contributed by atoms with Crippen LogP contribution >= 0.6 is 0 Å². The summed E-state index contributed by atoms with van der Waals surface area (Å²) < 4.78 is 32.6. The van der Waals surface area contributed by atoms with E-state index in [1.165, 1.54) is 0 Å². The van der Waals surface area contributed by atoms with Gasteiger partial charge < -0.3 is 153 Å². The fourth-order valence-electron chi connectivity index (χ4n) is 3.57. The van der Waals surface area contributed by atoms with E-state index >= 15 is 0 Å². The Morgan fingerprint density at radius 3 is 0.902 bits per heavy atom. The van der Waals surface area contributed by atoms with E-state index in [4.69, 9.17) is 28.4 Å². The van der Waals surface area contributed by atoms with E-state index in [-0.39, 0.29) is 309 Å². The second-order valence-electron chi connectivity index (χ2n) is 9.26. The first-order valence-electron chi connectivity index (χ1n) is 12.8. The van der Waals surface area contributed by atoms with Crippen LogP contribution in [0.3, 0.4) is 0 Å². The SMILES string of the molecule is C.C.C.OC(COc1[c-]cc(-c2c[c-]c(OCC3CO3)[c-]c2)c[c-]1)COc1[c-]cc(-c2c[c-]c(OCC3CO3)[c-]c2)c[c-]1.[Y].[Y].[Y].[Y].[Y].[Y].[Y].[Y]. The van der Waals surface area contributed by atoms with E-state index in [9.17, 15) is 5.11 Å². The van der Waals surface area contributed by atoms with Crippen LogP contribution in [0.2, 0.25) is 0 Å². The summed E-state index contributed by atoms with van der Waals surface area (Å²) in [6, 6.07) is 38.9. The van der Waals surface area contributed by atoms with Crippen molar-refractivity contribution in [3.8, 4) is 45.3 Å². The Bertz CT molecular complexity index is 1270. The molecule has 2 fully saturated rings. The Labute approximate surface area is 507 Å². The smallest absolute Gasteiger partial charge is 0.121 e. The summed E-state index contributed by atoms with van der Waals surface area (Å²) in [5.74, 6) is 1.91. The van der Waals surface area contributed by atoms with Crippen LogP contribution in [-0.2, 0) is 271 Å². The van der Waals surface area contributed by atoms with Crippen molar-refractivity contribution in [2.45, 2.75) is 40.6 Å². The number of epoxide rings is 2. The summed E-state index contributed by atoms with van der Waals surface area (Å²) in [5.41, 5.74) is 3.59. The maximum Gasteiger partial charge on any atom is 0.121 e. The molecule has 0 aromatic heterocycles. The molecule has 0 spiro atoms. The molecule has 4 aromatic carbocycles. The zero-order chi connectivity index (χ0) is 27.1. The topological polar surface area (TPSA) is 82.2 Å².